The van der Waals surface area contributed by atoms with Gasteiger partial charge in [0.15, 0.2) is 0 Å². The predicted octanol–water partition coefficient (Wildman–Crippen LogP) is 7.02. The highest BCUT2D eigenvalue weighted by Gasteiger charge is 2.24. The molecule has 0 saturated heterocycles. The molecule has 0 aliphatic carbocycles. The highest BCUT2D eigenvalue weighted by Crippen LogP contribution is 2.31. The molecule has 1 amide bonds. The molecule has 1 heterocycles. The Bertz CT molecular complexity index is 1150. The van der Waals surface area contributed by atoms with E-state index in [-0.39, 0.29) is 17.1 Å². The van der Waals surface area contributed by atoms with Crippen LogP contribution in [0.3, 0.4) is 0 Å². The van der Waals surface area contributed by atoms with E-state index in [1.165, 1.54) is 17.7 Å². The Labute approximate surface area is 206 Å². The molecule has 178 valence electrons. The summed E-state index contributed by atoms with van der Waals surface area (Å²) < 4.78 is 13.4. The lowest BCUT2D eigenvalue weighted by Crippen LogP contribution is -2.33. The van der Waals surface area contributed by atoms with Crippen molar-refractivity contribution >= 4 is 23.2 Å². The first-order valence-corrected chi connectivity index (χ1v) is 12.3. The van der Waals surface area contributed by atoms with Gasteiger partial charge in [-0.1, -0.05) is 68.8 Å². The van der Waals surface area contributed by atoms with E-state index >= 15 is 0 Å². The molecule has 0 atom stereocenters. The second kappa shape index (κ2) is 10.2. The van der Waals surface area contributed by atoms with Gasteiger partial charge >= 0.3 is 0 Å². The van der Waals surface area contributed by atoms with Gasteiger partial charge in [0.2, 0.25) is 0 Å². The maximum atomic E-state index is 13.8. The van der Waals surface area contributed by atoms with Crippen molar-refractivity contribution < 1.29 is 9.18 Å². The van der Waals surface area contributed by atoms with Gasteiger partial charge < -0.3 is 10.2 Å². The molecule has 1 aliphatic heterocycles. The van der Waals surface area contributed by atoms with Gasteiger partial charge in [0.05, 0.1) is 11.3 Å². The molecule has 0 fully saturated rings. The van der Waals surface area contributed by atoms with Crippen LogP contribution in [-0.2, 0) is 24.8 Å². The van der Waals surface area contributed by atoms with E-state index in [4.69, 9.17) is 11.6 Å². The van der Waals surface area contributed by atoms with Gasteiger partial charge in [-0.3, -0.25) is 4.79 Å². The van der Waals surface area contributed by atoms with Gasteiger partial charge in [0, 0.05) is 24.7 Å². The molecule has 0 aromatic heterocycles. The lowest BCUT2D eigenvalue weighted by molar-refractivity contribution is 0.0746. The summed E-state index contributed by atoms with van der Waals surface area (Å²) >= 11 is 6.40. The van der Waals surface area contributed by atoms with Crippen LogP contribution in [0.1, 0.15) is 59.8 Å². The van der Waals surface area contributed by atoms with Crippen molar-refractivity contribution in [2.24, 2.45) is 0 Å². The van der Waals surface area contributed by atoms with Crippen LogP contribution in [0.15, 0.2) is 60.7 Å². The quantitative estimate of drug-likeness (QED) is 0.413. The molecule has 34 heavy (non-hydrogen) atoms. The maximum absolute atomic E-state index is 13.8. The molecule has 0 radical (unpaired) electrons. The van der Waals surface area contributed by atoms with Gasteiger partial charge in [-0.25, -0.2) is 4.39 Å². The SMILES string of the molecule is CC(C)(C)c1ccc(CN(CCc2ccc(F)cc2)C(=O)c2cc(Cl)cc3c2NCCC3)cc1. The zero-order chi connectivity index (χ0) is 24.3. The molecule has 0 saturated carbocycles. The Morgan fingerprint density at radius 1 is 1.03 bits per heavy atom. The Hall–Kier alpha value is -2.85. The van der Waals surface area contributed by atoms with Gasteiger partial charge in [-0.15, -0.1) is 0 Å². The normalized spacial score (nSPS) is 13.2. The first-order chi connectivity index (χ1) is 16.2. The van der Waals surface area contributed by atoms with Crippen LogP contribution in [0.2, 0.25) is 5.02 Å². The topological polar surface area (TPSA) is 32.3 Å². The van der Waals surface area contributed by atoms with Gasteiger partial charge in [-0.05, 0) is 71.2 Å². The zero-order valence-corrected chi connectivity index (χ0v) is 20.9. The summed E-state index contributed by atoms with van der Waals surface area (Å²) in [6.07, 6.45) is 2.57. The minimum Gasteiger partial charge on any atom is -0.384 e. The number of rotatable bonds is 6. The summed E-state index contributed by atoms with van der Waals surface area (Å²) in [6.45, 7) is 8.43. The van der Waals surface area contributed by atoms with Crippen molar-refractivity contribution in [2.45, 2.75) is 52.0 Å². The molecule has 0 unspecified atom stereocenters. The van der Waals surface area contributed by atoms with Crippen molar-refractivity contribution in [1.29, 1.82) is 0 Å². The van der Waals surface area contributed by atoms with Crippen LogP contribution in [0.25, 0.3) is 0 Å². The van der Waals surface area contributed by atoms with Crippen LogP contribution in [0.5, 0.6) is 0 Å². The first kappa shape index (κ1) is 24.3. The highest BCUT2D eigenvalue weighted by molar-refractivity contribution is 6.31. The van der Waals surface area contributed by atoms with Gasteiger partial charge in [0.1, 0.15) is 5.82 Å². The van der Waals surface area contributed by atoms with Crippen molar-refractivity contribution in [3.05, 3.63) is 99.3 Å². The van der Waals surface area contributed by atoms with Crippen LogP contribution in [0, 0.1) is 5.82 Å². The Balaban J connectivity index is 1.62. The van der Waals surface area contributed by atoms with Crippen molar-refractivity contribution in [2.75, 3.05) is 18.4 Å². The number of anilines is 1. The lowest BCUT2D eigenvalue weighted by Gasteiger charge is -2.27. The Kier molecular flexibility index (Phi) is 7.27. The summed E-state index contributed by atoms with van der Waals surface area (Å²) in [4.78, 5) is 15.7. The standard InChI is InChI=1S/C29H32ClFN2O/c1-29(2,3)23-10-6-21(7-11-23)19-33(16-14-20-8-12-25(31)13-9-20)28(34)26-18-24(30)17-22-5-4-15-32-27(22)26/h6-13,17-18,32H,4-5,14-16,19H2,1-3H3. The van der Waals surface area contributed by atoms with Crippen LogP contribution in [0.4, 0.5) is 10.1 Å². The molecule has 3 nitrogen and oxygen atoms in total. The van der Waals surface area contributed by atoms with E-state index in [2.05, 4.69) is 50.4 Å². The fraction of sp³-hybridized carbons (Fsp3) is 0.345. The lowest BCUT2D eigenvalue weighted by atomic mass is 9.87. The van der Waals surface area contributed by atoms with Crippen LogP contribution >= 0.6 is 11.6 Å². The summed E-state index contributed by atoms with van der Waals surface area (Å²) in [6, 6.07) is 18.7. The summed E-state index contributed by atoms with van der Waals surface area (Å²) in [5.41, 5.74) is 6.01. The van der Waals surface area contributed by atoms with Crippen molar-refractivity contribution in [1.82, 2.24) is 4.90 Å². The largest absolute Gasteiger partial charge is 0.384 e. The van der Waals surface area contributed by atoms with Crippen LogP contribution < -0.4 is 5.32 Å². The molecule has 0 bridgehead atoms. The molecule has 0 spiro atoms. The summed E-state index contributed by atoms with van der Waals surface area (Å²) in [5, 5.41) is 4.00. The third-order valence-electron chi connectivity index (χ3n) is 6.40. The number of hydrogen-bond donors (Lipinski definition) is 1. The Morgan fingerprint density at radius 3 is 2.38 bits per heavy atom. The molecule has 3 aromatic rings. The second-order valence-electron chi connectivity index (χ2n) is 10.1. The van der Waals surface area contributed by atoms with Gasteiger partial charge in [0.25, 0.3) is 5.91 Å². The third-order valence-corrected chi connectivity index (χ3v) is 6.62. The molecular formula is C29H32ClFN2O. The predicted molar refractivity (Wildman–Crippen MR) is 138 cm³/mol. The van der Waals surface area contributed by atoms with E-state index < -0.39 is 0 Å². The van der Waals surface area contributed by atoms with E-state index in [0.29, 0.717) is 30.1 Å². The maximum Gasteiger partial charge on any atom is 0.256 e. The molecule has 4 rings (SSSR count). The number of nitrogens with zero attached hydrogens (tertiary/aromatic N) is 1. The van der Waals surface area contributed by atoms with E-state index in [0.717, 1.165) is 41.8 Å². The van der Waals surface area contributed by atoms with E-state index in [9.17, 15) is 9.18 Å². The molecule has 1 N–H and O–H groups in total. The van der Waals surface area contributed by atoms with E-state index in [1.54, 1.807) is 18.2 Å². The summed E-state index contributed by atoms with van der Waals surface area (Å²) in [5.74, 6) is -0.303. The van der Waals surface area contributed by atoms with Crippen molar-refractivity contribution in [3.63, 3.8) is 0 Å². The Morgan fingerprint density at radius 2 is 1.71 bits per heavy atom. The fourth-order valence-electron chi connectivity index (χ4n) is 4.40. The minimum atomic E-state index is -0.257. The van der Waals surface area contributed by atoms with Gasteiger partial charge in [-0.2, -0.15) is 0 Å². The number of aryl methyl sites for hydroxylation is 1. The molecule has 1 aliphatic rings. The number of nitrogens with one attached hydrogen (secondary N) is 1. The summed E-state index contributed by atoms with van der Waals surface area (Å²) in [7, 11) is 0. The van der Waals surface area contributed by atoms with E-state index in [1.807, 2.05) is 11.0 Å². The number of carbonyl (C=O) groups excluding carboxylic acids is 1. The smallest absolute Gasteiger partial charge is 0.256 e. The second-order valence-corrected chi connectivity index (χ2v) is 10.5. The number of amides is 1. The zero-order valence-electron chi connectivity index (χ0n) is 20.1. The average molecular weight is 479 g/mol. The monoisotopic (exact) mass is 478 g/mol. The number of fused-ring (bicyclic) bond motifs is 1. The molecule has 5 heteroatoms. The molecular weight excluding hydrogens is 447 g/mol. The average Bonchev–Trinajstić information content (AvgIpc) is 2.81. The fourth-order valence-corrected chi connectivity index (χ4v) is 4.64. The number of halogens is 2. The minimum absolute atomic E-state index is 0.0461. The number of benzene rings is 3. The van der Waals surface area contributed by atoms with Crippen LogP contribution in [-0.4, -0.2) is 23.9 Å². The number of hydrogen-bond acceptors (Lipinski definition) is 2. The molecule has 3 aromatic carbocycles. The third kappa shape index (κ3) is 5.79. The van der Waals surface area contributed by atoms with Crippen molar-refractivity contribution in [3.8, 4) is 0 Å². The first-order valence-electron chi connectivity index (χ1n) is 11.9. The highest BCUT2D eigenvalue weighted by atomic mass is 35.5. The number of carbonyl (C=O) groups is 1.